The molecule has 1 aromatic carbocycles. The third kappa shape index (κ3) is 4.73. The second-order valence-electron chi connectivity index (χ2n) is 7.44. The molecule has 1 aromatic rings. The average Bonchev–Trinajstić information content (AvgIpc) is 2.61. The van der Waals surface area contributed by atoms with E-state index in [1.165, 1.54) is 0 Å². The summed E-state index contributed by atoms with van der Waals surface area (Å²) < 4.78 is 11.0. The van der Waals surface area contributed by atoms with Gasteiger partial charge in [0.1, 0.15) is 5.75 Å². The van der Waals surface area contributed by atoms with E-state index in [0.29, 0.717) is 18.1 Å². The quantitative estimate of drug-likeness (QED) is 0.841. The largest absolute Gasteiger partial charge is 0.497 e. The van der Waals surface area contributed by atoms with Crippen molar-refractivity contribution in [2.45, 2.75) is 38.9 Å². The van der Waals surface area contributed by atoms with Crippen LogP contribution in [0.3, 0.4) is 0 Å². The van der Waals surface area contributed by atoms with Crippen molar-refractivity contribution >= 4 is 5.91 Å². The number of amides is 1. The van der Waals surface area contributed by atoms with Crippen LogP contribution in [-0.4, -0.2) is 67.7 Å². The number of methoxy groups -OCH3 is 1. The molecular formula is C20H30N2O3. The number of carbonyl (C=O) groups is 1. The molecule has 0 radical (unpaired) electrons. The van der Waals surface area contributed by atoms with Gasteiger partial charge in [-0.2, -0.15) is 0 Å². The van der Waals surface area contributed by atoms with Gasteiger partial charge in [-0.25, -0.2) is 0 Å². The van der Waals surface area contributed by atoms with Gasteiger partial charge in [0, 0.05) is 38.3 Å². The molecule has 0 saturated carbocycles. The Kier molecular flexibility index (Phi) is 5.97. The maximum absolute atomic E-state index is 12.6. The van der Waals surface area contributed by atoms with E-state index in [0.717, 1.165) is 56.9 Å². The van der Waals surface area contributed by atoms with Crippen molar-refractivity contribution in [1.82, 2.24) is 9.80 Å². The molecule has 3 rings (SSSR count). The zero-order valence-corrected chi connectivity index (χ0v) is 15.6. The Balaban J connectivity index is 1.48. The third-order valence-corrected chi connectivity index (χ3v) is 5.25. The van der Waals surface area contributed by atoms with Crippen LogP contribution in [0.5, 0.6) is 5.75 Å². The third-order valence-electron chi connectivity index (χ3n) is 5.25. The van der Waals surface area contributed by atoms with Crippen LogP contribution >= 0.6 is 0 Å². The molecule has 0 bridgehead atoms. The summed E-state index contributed by atoms with van der Waals surface area (Å²) in [6.45, 7) is 9.18. The zero-order valence-electron chi connectivity index (χ0n) is 15.6. The first-order valence-electron chi connectivity index (χ1n) is 9.36. The maximum Gasteiger partial charge on any atom is 0.253 e. The summed E-state index contributed by atoms with van der Waals surface area (Å²) in [6, 6.07) is 7.40. The summed E-state index contributed by atoms with van der Waals surface area (Å²) in [5.41, 5.74) is 0.745. The summed E-state index contributed by atoms with van der Waals surface area (Å²) in [6.07, 6.45) is 2.81. The van der Waals surface area contributed by atoms with E-state index in [4.69, 9.17) is 9.47 Å². The minimum atomic E-state index is 0.134. The molecule has 0 spiro atoms. The highest BCUT2D eigenvalue weighted by atomic mass is 16.5. The summed E-state index contributed by atoms with van der Waals surface area (Å²) in [5.74, 6) is 1.59. The maximum atomic E-state index is 12.6. The number of ether oxygens (including phenoxy) is 2. The zero-order chi connectivity index (χ0) is 17.8. The van der Waals surface area contributed by atoms with Gasteiger partial charge >= 0.3 is 0 Å². The summed E-state index contributed by atoms with van der Waals surface area (Å²) >= 11 is 0. The summed E-state index contributed by atoms with van der Waals surface area (Å²) in [5, 5.41) is 0. The SMILES string of the molecule is COc1ccc(C(=O)N2CCC(CN3C[C@@H](C)O[C@H](C)C3)CC2)cc1. The number of carbonyl (C=O) groups excluding carboxylic acids is 1. The number of hydrogen-bond acceptors (Lipinski definition) is 4. The van der Waals surface area contributed by atoms with Gasteiger partial charge in [0.25, 0.3) is 5.91 Å². The van der Waals surface area contributed by atoms with Gasteiger partial charge in [0.2, 0.25) is 0 Å². The minimum Gasteiger partial charge on any atom is -0.497 e. The number of morpholine rings is 1. The van der Waals surface area contributed by atoms with Crippen molar-refractivity contribution < 1.29 is 14.3 Å². The van der Waals surface area contributed by atoms with Gasteiger partial charge in [0.05, 0.1) is 19.3 Å². The normalized spacial score (nSPS) is 25.8. The lowest BCUT2D eigenvalue weighted by Crippen LogP contribution is -2.48. The van der Waals surface area contributed by atoms with E-state index in [1.54, 1.807) is 7.11 Å². The van der Waals surface area contributed by atoms with Crippen LogP contribution in [0.15, 0.2) is 24.3 Å². The standard InChI is InChI=1S/C20H30N2O3/c1-15-12-21(13-16(2)25-15)14-17-8-10-22(11-9-17)20(23)18-4-6-19(24-3)7-5-18/h4-7,15-17H,8-14H2,1-3H3/t15-,16-/m1/s1. The molecule has 2 heterocycles. The lowest BCUT2D eigenvalue weighted by molar-refractivity contribution is -0.0728. The Morgan fingerprint density at radius 3 is 2.28 bits per heavy atom. The molecule has 0 unspecified atom stereocenters. The number of piperidine rings is 1. The summed E-state index contributed by atoms with van der Waals surface area (Å²) in [4.78, 5) is 17.2. The molecule has 0 N–H and O–H groups in total. The molecule has 2 aliphatic rings. The van der Waals surface area contributed by atoms with Crippen LogP contribution < -0.4 is 4.74 Å². The fourth-order valence-electron chi connectivity index (χ4n) is 4.03. The van der Waals surface area contributed by atoms with Gasteiger partial charge in [-0.15, -0.1) is 0 Å². The van der Waals surface area contributed by atoms with E-state index in [2.05, 4.69) is 18.7 Å². The van der Waals surface area contributed by atoms with E-state index >= 15 is 0 Å². The van der Waals surface area contributed by atoms with Gasteiger partial charge < -0.3 is 14.4 Å². The highest BCUT2D eigenvalue weighted by molar-refractivity contribution is 5.94. The molecule has 0 aliphatic carbocycles. The fraction of sp³-hybridized carbons (Fsp3) is 0.650. The first-order chi connectivity index (χ1) is 12.0. The second-order valence-corrected chi connectivity index (χ2v) is 7.44. The molecule has 2 saturated heterocycles. The predicted octanol–water partition coefficient (Wildman–Crippen LogP) is 2.66. The van der Waals surface area contributed by atoms with Crippen LogP contribution in [0, 0.1) is 5.92 Å². The molecule has 1 amide bonds. The van der Waals surface area contributed by atoms with Crippen molar-refractivity contribution in [3.63, 3.8) is 0 Å². The van der Waals surface area contributed by atoms with Gasteiger partial charge in [-0.1, -0.05) is 0 Å². The van der Waals surface area contributed by atoms with Gasteiger partial charge in [-0.3, -0.25) is 9.69 Å². The van der Waals surface area contributed by atoms with Crippen molar-refractivity contribution in [1.29, 1.82) is 0 Å². The monoisotopic (exact) mass is 346 g/mol. The van der Waals surface area contributed by atoms with E-state index in [1.807, 2.05) is 29.2 Å². The van der Waals surface area contributed by atoms with Crippen molar-refractivity contribution in [3.8, 4) is 5.75 Å². The average molecular weight is 346 g/mol. The van der Waals surface area contributed by atoms with Crippen molar-refractivity contribution in [2.75, 3.05) is 39.8 Å². The number of hydrogen-bond donors (Lipinski definition) is 0. The Bertz CT molecular complexity index is 557. The molecule has 0 aromatic heterocycles. The molecule has 2 aliphatic heterocycles. The Morgan fingerprint density at radius 2 is 1.72 bits per heavy atom. The van der Waals surface area contributed by atoms with Crippen LogP contribution in [0.1, 0.15) is 37.0 Å². The minimum absolute atomic E-state index is 0.134. The molecule has 5 nitrogen and oxygen atoms in total. The van der Waals surface area contributed by atoms with Crippen LogP contribution in [-0.2, 0) is 4.74 Å². The molecule has 138 valence electrons. The predicted molar refractivity (Wildman–Crippen MR) is 98.1 cm³/mol. The number of rotatable bonds is 4. The van der Waals surface area contributed by atoms with E-state index in [9.17, 15) is 4.79 Å². The number of nitrogens with zero attached hydrogens (tertiary/aromatic N) is 2. The second kappa shape index (κ2) is 8.19. The van der Waals surface area contributed by atoms with E-state index < -0.39 is 0 Å². The first kappa shape index (κ1) is 18.2. The highest BCUT2D eigenvalue weighted by Gasteiger charge is 2.28. The van der Waals surface area contributed by atoms with Crippen molar-refractivity contribution in [3.05, 3.63) is 29.8 Å². The van der Waals surface area contributed by atoms with Crippen molar-refractivity contribution in [2.24, 2.45) is 5.92 Å². The Hall–Kier alpha value is -1.59. The number of benzene rings is 1. The summed E-state index contributed by atoms with van der Waals surface area (Å²) in [7, 11) is 1.64. The van der Waals surface area contributed by atoms with E-state index in [-0.39, 0.29) is 5.91 Å². The lowest BCUT2D eigenvalue weighted by atomic mass is 9.95. The lowest BCUT2D eigenvalue weighted by Gasteiger charge is -2.39. The molecule has 2 fully saturated rings. The smallest absolute Gasteiger partial charge is 0.253 e. The van der Waals surface area contributed by atoms with Gasteiger partial charge in [0.15, 0.2) is 0 Å². The van der Waals surface area contributed by atoms with Crippen LogP contribution in [0.25, 0.3) is 0 Å². The molecule has 25 heavy (non-hydrogen) atoms. The molecular weight excluding hydrogens is 316 g/mol. The van der Waals surface area contributed by atoms with Gasteiger partial charge in [-0.05, 0) is 56.9 Å². The first-order valence-corrected chi connectivity index (χ1v) is 9.36. The molecule has 2 atom stereocenters. The topological polar surface area (TPSA) is 42.0 Å². The fourth-order valence-corrected chi connectivity index (χ4v) is 4.03. The number of likely N-dealkylation sites (tertiary alicyclic amines) is 1. The Labute approximate surface area is 150 Å². The van der Waals surface area contributed by atoms with Crippen LogP contribution in [0.2, 0.25) is 0 Å². The van der Waals surface area contributed by atoms with Crippen LogP contribution in [0.4, 0.5) is 0 Å². The molecule has 5 heteroatoms. The highest BCUT2D eigenvalue weighted by Crippen LogP contribution is 2.22. The Morgan fingerprint density at radius 1 is 1.12 bits per heavy atom.